The highest BCUT2D eigenvalue weighted by Crippen LogP contribution is 2.31. The van der Waals surface area contributed by atoms with E-state index < -0.39 is 5.97 Å². The van der Waals surface area contributed by atoms with Crippen molar-refractivity contribution >= 4 is 34.0 Å². The first kappa shape index (κ1) is 14.1. The molecule has 0 aliphatic carbocycles. The number of anilines is 3. The van der Waals surface area contributed by atoms with Crippen molar-refractivity contribution < 1.29 is 14.3 Å². The summed E-state index contributed by atoms with van der Waals surface area (Å²) in [6, 6.07) is 7.31. The Balaban J connectivity index is 2.22. The van der Waals surface area contributed by atoms with Crippen LogP contribution in [0.5, 0.6) is 5.75 Å². The molecule has 7 heteroatoms. The van der Waals surface area contributed by atoms with Crippen LogP contribution in [0, 0.1) is 0 Å². The summed E-state index contributed by atoms with van der Waals surface area (Å²) in [5.74, 6) is 0.448. The number of methoxy groups -OCH3 is 1. The molecule has 1 heterocycles. The zero-order valence-corrected chi connectivity index (χ0v) is 12.0. The molecule has 6 nitrogen and oxygen atoms in total. The summed E-state index contributed by atoms with van der Waals surface area (Å²) in [7, 11) is 1.60. The summed E-state index contributed by atoms with van der Waals surface area (Å²) < 4.78 is 14.0. The van der Waals surface area contributed by atoms with Crippen LogP contribution in [0.2, 0.25) is 0 Å². The van der Waals surface area contributed by atoms with Crippen molar-refractivity contribution in [1.82, 2.24) is 4.37 Å². The minimum atomic E-state index is -0.477. The topological polar surface area (TPSA) is 86.5 Å². The highest BCUT2D eigenvalue weighted by atomic mass is 32.1. The second kappa shape index (κ2) is 6.25. The summed E-state index contributed by atoms with van der Waals surface area (Å²) in [4.78, 5) is 11.8. The predicted molar refractivity (Wildman–Crippen MR) is 78.8 cm³/mol. The molecule has 0 saturated carbocycles. The molecule has 0 fully saturated rings. The number of hydrogen-bond acceptors (Lipinski definition) is 7. The van der Waals surface area contributed by atoms with Crippen molar-refractivity contribution in [3.63, 3.8) is 0 Å². The van der Waals surface area contributed by atoms with Gasteiger partial charge in [0.05, 0.1) is 13.7 Å². The van der Waals surface area contributed by atoms with Crippen LogP contribution in [0.25, 0.3) is 0 Å². The maximum absolute atomic E-state index is 11.8. The summed E-state index contributed by atoms with van der Waals surface area (Å²) in [5.41, 5.74) is 6.79. The number of carbonyl (C=O) groups is 1. The number of esters is 1. The molecule has 0 aliphatic heterocycles. The van der Waals surface area contributed by atoms with Gasteiger partial charge in [0.1, 0.15) is 16.3 Å². The van der Waals surface area contributed by atoms with Crippen LogP contribution in [-0.4, -0.2) is 24.1 Å². The lowest BCUT2D eigenvalue weighted by molar-refractivity contribution is 0.0529. The summed E-state index contributed by atoms with van der Waals surface area (Å²) in [6.07, 6.45) is 0. The van der Waals surface area contributed by atoms with E-state index in [1.807, 2.05) is 24.3 Å². The summed E-state index contributed by atoms with van der Waals surface area (Å²) >= 11 is 1.12. The Bertz CT molecular complexity index is 595. The Labute approximate surface area is 120 Å². The monoisotopic (exact) mass is 293 g/mol. The predicted octanol–water partition coefficient (Wildman–Crippen LogP) is 2.65. The molecule has 0 radical (unpaired) electrons. The fourth-order valence-corrected chi connectivity index (χ4v) is 2.32. The molecule has 106 valence electrons. The first-order valence-electron chi connectivity index (χ1n) is 5.99. The summed E-state index contributed by atoms with van der Waals surface area (Å²) in [6.45, 7) is 2.03. The molecular formula is C13H15N3O3S. The zero-order chi connectivity index (χ0) is 14.5. The number of nitrogens with one attached hydrogen (secondary N) is 1. The smallest absolute Gasteiger partial charge is 0.345 e. The van der Waals surface area contributed by atoms with Gasteiger partial charge in [-0.15, -0.1) is 0 Å². The Morgan fingerprint density at radius 3 is 2.70 bits per heavy atom. The fraction of sp³-hybridized carbons (Fsp3) is 0.231. The standard InChI is InChI=1S/C13H15N3O3S/c1-3-19-13(17)10-11(14)16-20-12(10)15-8-4-6-9(18-2)7-5-8/h4-7,15H,3H2,1-2H3,(H2,14,16). The van der Waals surface area contributed by atoms with Crippen LogP contribution < -0.4 is 15.8 Å². The van der Waals surface area contributed by atoms with Crippen LogP contribution >= 0.6 is 11.5 Å². The molecule has 1 aromatic carbocycles. The van der Waals surface area contributed by atoms with Gasteiger partial charge >= 0.3 is 5.97 Å². The van der Waals surface area contributed by atoms with E-state index in [-0.39, 0.29) is 18.0 Å². The van der Waals surface area contributed by atoms with Gasteiger partial charge in [-0.3, -0.25) is 0 Å². The quantitative estimate of drug-likeness (QED) is 0.824. The van der Waals surface area contributed by atoms with E-state index in [0.717, 1.165) is 23.0 Å². The first-order chi connectivity index (χ1) is 9.65. The number of carbonyl (C=O) groups excluding carboxylic acids is 1. The molecule has 0 atom stereocenters. The van der Waals surface area contributed by atoms with Gasteiger partial charge in [0.25, 0.3) is 0 Å². The van der Waals surface area contributed by atoms with E-state index in [2.05, 4.69) is 9.69 Å². The van der Waals surface area contributed by atoms with Gasteiger partial charge in [-0.25, -0.2) is 4.79 Å². The second-order valence-corrected chi connectivity index (χ2v) is 4.62. The van der Waals surface area contributed by atoms with Gasteiger partial charge < -0.3 is 20.5 Å². The molecule has 0 unspecified atom stereocenters. The highest BCUT2D eigenvalue weighted by Gasteiger charge is 2.20. The van der Waals surface area contributed by atoms with Gasteiger partial charge in [0.15, 0.2) is 5.82 Å². The molecule has 2 aromatic rings. The highest BCUT2D eigenvalue weighted by molar-refractivity contribution is 7.11. The van der Waals surface area contributed by atoms with Crippen molar-refractivity contribution in [2.75, 3.05) is 24.8 Å². The Kier molecular flexibility index (Phi) is 4.41. The second-order valence-electron chi connectivity index (χ2n) is 3.85. The number of rotatable bonds is 5. The lowest BCUT2D eigenvalue weighted by atomic mass is 10.2. The molecule has 20 heavy (non-hydrogen) atoms. The van der Waals surface area contributed by atoms with Gasteiger partial charge in [0.2, 0.25) is 0 Å². The van der Waals surface area contributed by atoms with E-state index in [9.17, 15) is 4.79 Å². The normalized spacial score (nSPS) is 10.1. The van der Waals surface area contributed by atoms with Crippen molar-refractivity contribution in [2.24, 2.45) is 0 Å². The average Bonchev–Trinajstić information content (AvgIpc) is 2.81. The van der Waals surface area contributed by atoms with Gasteiger partial charge in [-0.05, 0) is 42.7 Å². The van der Waals surface area contributed by atoms with Gasteiger partial charge in [0, 0.05) is 5.69 Å². The van der Waals surface area contributed by atoms with Crippen molar-refractivity contribution in [1.29, 1.82) is 0 Å². The molecule has 3 N–H and O–H groups in total. The van der Waals surface area contributed by atoms with E-state index in [1.54, 1.807) is 14.0 Å². The van der Waals surface area contributed by atoms with Crippen molar-refractivity contribution in [2.45, 2.75) is 6.92 Å². The number of ether oxygens (including phenoxy) is 2. The SMILES string of the molecule is CCOC(=O)c1c(N)nsc1Nc1ccc(OC)cc1. The minimum Gasteiger partial charge on any atom is -0.497 e. The number of nitrogens with two attached hydrogens (primary N) is 1. The third-order valence-corrected chi connectivity index (χ3v) is 3.32. The third kappa shape index (κ3) is 3.00. The molecule has 0 bridgehead atoms. The van der Waals surface area contributed by atoms with Crippen molar-refractivity contribution in [3.05, 3.63) is 29.8 Å². The van der Waals surface area contributed by atoms with E-state index >= 15 is 0 Å². The fourth-order valence-electron chi connectivity index (χ4n) is 1.59. The zero-order valence-electron chi connectivity index (χ0n) is 11.2. The number of benzene rings is 1. The minimum absolute atomic E-state index is 0.171. The van der Waals surface area contributed by atoms with Crippen LogP contribution in [-0.2, 0) is 4.74 Å². The van der Waals surface area contributed by atoms with E-state index in [4.69, 9.17) is 15.2 Å². The lowest BCUT2D eigenvalue weighted by Gasteiger charge is -2.07. The number of aromatic nitrogens is 1. The average molecular weight is 293 g/mol. The number of nitrogens with zero attached hydrogens (tertiary/aromatic N) is 1. The van der Waals surface area contributed by atoms with Crippen LogP contribution in [0.15, 0.2) is 24.3 Å². The van der Waals surface area contributed by atoms with Crippen molar-refractivity contribution in [3.8, 4) is 5.75 Å². The molecule has 0 amide bonds. The van der Waals surface area contributed by atoms with Crippen LogP contribution in [0.1, 0.15) is 17.3 Å². The summed E-state index contributed by atoms with van der Waals surface area (Å²) in [5, 5.41) is 3.66. The third-order valence-electron chi connectivity index (χ3n) is 2.55. The van der Waals surface area contributed by atoms with Crippen LogP contribution in [0.3, 0.4) is 0 Å². The molecule has 0 saturated heterocycles. The molecular weight excluding hydrogens is 278 g/mol. The molecule has 2 rings (SSSR count). The number of hydrogen-bond donors (Lipinski definition) is 2. The van der Waals surface area contributed by atoms with Gasteiger partial charge in [-0.1, -0.05) is 0 Å². The maximum atomic E-state index is 11.8. The largest absolute Gasteiger partial charge is 0.497 e. The Hall–Kier alpha value is -2.28. The molecule has 0 spiro atoms. The number of nitrogen functional groups attached to an aromatic ring is 1. The Morgan fingerprint density at radius 2 is 2.10 bits per heavy atom. The van der Waals surface area contributed by atoms with E-state index in [1.165, 1.54) is 0 Å². The van der Waals surface area contributed by atoms with Gasteiger partial charge in [-0.2, -0.15) is 4.37 Å². The Morgan fingerprint density at radius 1 is 1.40 bits per heavy atom. The lowest BCUT2D eigenvalue weighted by Crippen LogP contribution is -2.08. The molecule has 1 aromatic heterocycles. The molecule has 0 aliphatic rings. The van der Waals surface area contributed by atoms with Crippen LogP contribution in [0.4, 0.5) is 16.5 Å². The first-order valence-corrected chi connectivity index (χ1v) is 6.76. The maximum Gasteiger partial charge on any atom is 0.345 e. The van der Waals surface area contributed by atoms with E-state index in [0.29, 0.717) is 5.00 Å².